The highest BCUT2D eigenvalue weighted by Crippen LogP contribution is 2.45. The Balaban J connectivity index is 1.25. The maximum absolute atomic E-state index is 5.23. The van der Waals surface area contributed by atoms with Gasteiger partial charge in [0.25, 0.3) is 0 Å². The van der Waals surface area contributed by atoms with Crippen LogP contribution in [0, 0.1) is 0 Å². The van der Waals surface area contributed by atoms with Gasteiger partial charge >= 0.3 is 0 Å². The van der Waals surface area contributed by atoms with E-state index in [1.807, 2.05) is 0 Å². The average molecular weight is 629 g/mol. The van der Waals surface area contributed by atoms with Gasteiger partial charge in [0.05, 0.1) is 11.0 Å². The van der Waals surface area contributed by atoms with Gasteiger partial charge < -0.3 is 0 Å². The number of nitrogens with zero attached hydrogens (tertiary/aromatic N) is 2. The molecule has 0 saturated carbocycles. The van der Waals surface area contributed by atoms with Crippen LogP contribution in [0.5, 0.6) is 0 Å². The van der Waals surface area contributed by atoms with Gasteiger partial charge in [0.2, 0.25) is 0 Å². The minimum Gasteiger partial charge on any atom is -0.296 e. The number of hydrogen-bond donors (Lipinski definition) is 0. The van der Waals surface area contributed by atoms with E-state index in [0.717, 1.165) is 28.1 Å². The van der Waals surface area contributed by atoms with E-state index in [1.54, 1.807) is 0 Å². The maximum atomic E-state index is 5.23. The van der Waals surface area contributed by atoms with Gasteiger partial charge in [0.15, 0.2) is 0 Å². The highest BCUT2D eigenvalue weighted by molar-refractivity contribution is 6.23. The summed E-state index contributed by atoms with van der Waals surface area (Å²) in [6.07, 6.45) is 0. The van der Waals surface area contributed by atoms with Crippen molar-refractivity contribution >= 4 is 43.4 Å². The van der Waals surface area contributed by atoms with Crippen LogP contribution in [0.4, 0.5) is 0 Å². The number of para-hydroxylation sites is 1. The molecular weight excluding hydrogens is 593 g/mol. The summed E-state index contributed by atoms with van der Waals surface area (Å²) in [6.45, 7) is 6.70. The molecule has 234 valence electrons. The molecule has 0 atom stereocenters. The zero-order chi connectivity index (χ0) is 33.1. The zero-order valence-corrected chi connectivity index (χ0v) is 28.0. The minimum absolute atomic E-state index is 0.116. The summed E-state index contributed by atoms with van der Waals surface area (Å²) in [6, 6.07) is 59.5. The molecule has 2 nitrogen and oxygen atoms in total. The maximum Gasteiger partial charge on any atom is 0.119 e. The third-order valence-electron chi connectivity index (χ3n) is 9.81. The lowest BCUT2D eigenvalue weighted by Gasteiger charge is -2.20. The monoisotopic (exact) mass is 628 g/mol. The fourth-order valence-corrected chi connectivity index (χ4v) is 7.63. The van der Waals surface area contributed by atoms with Crippen molar-refractivity contribution in [2.24, 2.45) is 0 Å². The Morgan fingerprint density at radius 1 is 0.449 bits per heavy atom. The molecule has 0 radical (unpaired) electrons. The van der Waals surface area contributed by atoms with Crippen LogP contribution in [0.25, 0.3) is 82.4 Å². The lowest BCUT2D eigenvalue weighted by molar-refractivity contribution is 0.539. The molecule has 0 amide bonds. The van der Waals surface area contributed by atoms with Crippen molar-refractivity contribution < 1.29 is 0 Å². The lowest BCUT2D eigenvalue weighted by atomic mass is 9.84. The first kappa shape index (κ1) is 29.2. The molecule has 9 rings (SSSR count). The molecule has 0 aliphatic heterocycles. The van der Waals surface area contributed by atoms with Crippen LogP contribution in [0.3, 0.4) is 0 Å². The van der Waals surface area contributed by atoms with Gasteiger partial charge in [-0.25, -0.2) is 4.98 Å². The first-order chi connectivity index (χ1) is 24.0. The largest absolute Gasteiger partial charge is 0.296 e. The van der Waals surface area contributed by atoms with Crippen LogP contribution in [-0.4, -0.2) is 9.55 Å². The van der Waals surface area contributed by atoms with Crippen molar-refractivity contribution in [3.63, 3.8) is 0 Å². The highest BCUT2D eigenvalue weighted by atomic mass is 15.1. The van der Waals surface area contributed by atoms with Crippen molar-refractivity contribution in [3.8, 4) is 39.1 Å². The summed E-state index contributed by atoms with van der Waals surface area (Å²) in [5.41, 5.74) is 10.5. The van der Waals surface area contributed by atoms with Gasteiger partial charge in [-0.3, -0.25) is 4.57 Å². The second-order valence-corrected chi connectivity index (χ2v) is 14.0. The standard InChI is InChI=1S/C47H36N2/c1-47(2,3)46-48-42-30-33(27-28-43(42)49(46)35-19-5-4-6-20-35)32-17-13-18-34(29-32)44-38-22-9-11-24-40(38)45(41-25-12-10-23-39(41)44)37-26-14-16-31-15-7-8-21-36(31)37/h4-30H,1-3H3. The predicted octanol–water partition coefficient (Wildman–Crippen LogP) is 12.8. The van der Waals surface area contributed by atoms with Crippen LogP contribution >= 0.6 is 0 Å². The minimum atomic E-state index is -0.116. The lowest BCUT2D eigenvalue weighted by Crippen LogP contribution is -2.18. The molecule has 0 fully saturated rings. The van der Waals surface area contributed by atoms with E-state index in [2.05, 4.69) is 189 Å². The molecule has 2 heteroatoms. The van der Waals surface area contributed by atoms with E-state index in [0.29, 0.717) is 0 Å². The Labute approximate surface area is 286 Å². The Hall–Kier alpha value is -5.99. The molecular formula is C47H36N2. The van der Waals surface area contributed by atoms with Crippen LogP contribution < -0.4 is 0 Å². The summed E-state index contributed by atoms with van der Waals surface area (Å²) in [5, 5.41) is 7.57. The Kier molecular flexibility index (Phi) is 6.74. The molecule has 9 aromatic rings. The van der Waals surface area contributed by atoms with Gasteiger partial charge in [-0.1, -0.05) is 154 Å². The van der Waals surface area contributed by atoms with Gasteiger partial charge in [0, 0.05) is 11.1 Å². The highest BCUT2D eigenvalue weighted by Gasteiger charge is 2.24. The van der Waals surface area contributed by atoms with Crippen molar-refractivity contribution in [1.82, 2.24) is 9.55 Å². The third-order valence-corrected chi connectivity index (χ3v) is 9.81. The van der Waals surface area contributed by atoms with E-state index >= 15 is 0 Å². The van der Waals surface area contributed by atoms with Gasteiger partial charge in [-0.15, -0.1) is 0 Å². The number of hydrogen-bond acceptors (Lipinski definition) is 1. The fourth-order valence-electron chi connectivity index (χ4n) is 7.63. The number of benzene rings is 8. The van der Waals surface area contributed by atoms with E-state index in [1.165, 1.54) is 60.1 Å². The van der Waals surface area contributed by atoms with E-state index in [9.17, 15) is 0 Å². The first-order valence-electron chi connectivity index (χ1n) is 17.1. The zero-order valence-electron chi connectivity index (χ0n) is 28.0. The molecule has 0 spiro atoms. The Morgan fingerprint density at radius 2 is 1.00 bits per heavy atom. The molecule has 1 aromatic heterocycles. The van der Waals surface area contributed by atoms with Gasteiger partial charge in [0.1, 0.15) is 5.82 Å². The summed E-state index contributed by atoms with van der Waals surface area (Å²) in [7, 11) is 0. The summed E-state index contributed by atoms with van der Waals surface area (Å²) in [4.78, 5) is 5.23. The van der Waals surface area contributed by atoms with Crippen molar-refractivity contribution in [2.45, 2.75) is 26.2 Å². The molecule has 0 bridgehead atoms. The molecule has 1 heterocycles. The van der Waals surface area contributed by atoms with Crippen molar-refractivity contribution in [3.05, 3.63) is 170 Å². The number of aromatic nitrogens is 2. The molecule has 0 unspecified atom stereocenters. The third kappa shape index (κ3) is 4.83. The Bertz CT molecular complexity index is 2630. The Morgan fingerprint density at radius 3 is 1.69 bits per heavy atom. The van der Waals surface area contributed by atoms with Gasteiger partial charge in [-0.2, -0.15) is 0 Å². The normalized spacial score (nSPS) is 12.0. The van der Waals surface area contributed by atoms with Crippen LogP contribution in [0.15, 0.2) is 164 Å². The van der Waals surface area contributed by atoms with E-state index in [-0.39, 0.29) is 5.41 Å². The second-order valence-electron chi connectivity index (χ2n) is 14.0. The smallest absolute Gasteiger partial charge is 0.119 e. The second kappa shape index (κ2) is 11.3. The summed E-state index contributed by atoms with van der Waals surface area (Å²) in [5.74, 6) is 1.06. The molecule has 0 saturated heterocycles. The number of rotatable bonds is 4. The van der Waals surface area contributed by atoms with Crippen LogP contribution in [0.2, 0.25) is 0 Å². The number of imidazole rings is 1. The SMILES string of the molecule is CC(C)(C)c1nc2cc(-c3cccc(-c4c5ccccc5c(-c5cccc6ccccc56)c5ccccc45)c3)ccc2n1-c1ccccc1. The fraction of sp³-hybridized carbons (Fsp3) is 0.0851. The number of fused-ring (bicyclic) bond motifs is 4. The molecule has 0 aliphatic rings. The predicted molar refractivity (Wildman–Crippen MR) is 209 cm³/mol. The quantitative estimate of drug-likeness (QED) is 0.177. The van der Waals surface area contributed by atoms with Gasteiger partial charge in [-0.05, 0) is 96.0 Å². The first-order valence-corrected chi connectivity index (χ1v) is 17.1. The van der Waals surface area contributed by atoms with E-state index in [4.69, 9.17) is 4.98 Å². The molecule has 49 heavy (non-hydrogen) atoms. The van der Waals surface area contributed by atoms with Crippen LogP contribution in [0.1, 0.15) is 26.6 Å². The van der Waals surface area contributed by atoms with E-state index < -0.39 is 0 Å². The topological polar surface area (TPSA) is 17.8 Å². The molecule has 0 aliphatic carbocycles. The van der Waals surface area contributed by atoms with Crippen molar-refractivity contribution in [2.75, 3.05) is 0 Å². The summed E-state index contributed by atoms with van der Waals surface area (Å²) < 4.78 is 2.31. The summed E-state index contributed by atoms with van der Waals surface area (Å²) >= 11 is 0. The average Bonchev–Trinajstić information content (AvgIpc) is 3.54. The van der Waals surface area contributed by atoms with Crippen molar-refractivity contribution in [1.29, 1.82) is 0 Å². The molecule has 0 N–H and O–H groups in total. The van der Waals surface area contributed by atoms with Crippen LogP contribution in [-0.2, 0) is 5.41 Å². The molecule has 8 aromatic carbocycles.